The quantitative estimate of drug-likeness (QED) is 0.904. The Hall–Kier alpha value is -0.650. The lowest BCUT2D eigenvalue weighted by Crippen LogP contribution is -2.42. The summed E-state index contributed by atoms with van der Waals surface area (Å²) in [7, 11) is 0. The number of hydrogen-bond acceptors (Lipinski definition) is 4. The number of nitrogens with one attached hydrogen (secondary N) is 1. The van der Waals surface area contributed by atoms with Crippen LogP contribution in [0.5, 0.6) is 0 Å². The van der Waals surface area contributed by atoms with E-state index in [9.17, 15) is 0 Å². The minimum Gasteiger partial charge on any atom is -0.379 e. The molecule has 0 aliphatic carbocycles. The zero-order valence-electron chi connectivity index (χ0n) is 10.2. The SMILES string of the molecule is CC1(Nc2nc3cc(Br)ccc3s2)CCCOC1. The summed E-state index contributed by atoms with van der Waals surface area (Å²) < 4.78 is 7.84. The van der Waals surface area contributed by atoms with Gasteiger partial charge in [0, 0.05) is 11.1 Å². The first-order valence-corrected chi connectivity index (χ1v) is 7.68. The average Bonchev–Trinajstić information content (AvgIpc) is 2.70. The summed E-state index contributed by atoms with van der Waals surface area (Å²) in [6, 6.07) is 6.20. The summed E-state index contributed by atoms with van der Waals surface area (Å²) in [6.07, 6.45) is 2.24. The van der Waals surface area contributed by atoms with Crippen molar-refractivity contribution in [1.29, 1.82) is 0 Å². The molecule has 0 amide bonds. The van der Waals surface area contributed by atoms with E-state index in [1.807, 2.05) is 0 Å². The standard InChI is InChI=1S/C13H15BrN2OS/c1-13(5-2-6-17-8-13)16-12-15-10-7-9(14)3-4-11(10)18-12/h3-4,7H,2,5-6,8H2,1H3,(H,15,16). The molecule has 3 nitrogen and oxygen atoms in total. The molecule has 3 rings (SSSR count). The van der Waals surface area contributed by atoms with Gasteiger partial charge in [-0.25, -0.2) is 4.98 Å². The summed E-state index contributed by atoms with van der Waals surface area (Å²) in [5.41, 5.74) is 1.06. The van der Waals surface area contributed by atoms with Gasteiger partial charge in [0.25, 0.3) is 0 Å². The first kappa shape index (κ1) is 12.4. The molecule has 1 aromatic heterocycles. The molecule has 1 unspecified atom stereocenters. The van der Waals surface area contributed by atoms with E-state index in [4.69, 9.17) is 4.74 Å². The van der Waals surface area contributed by atoms with Crippen LogP contribution in [0.25, 0.3) is 10.2 Å². The molecule has 1 aliphatic heterocycles. The largest absolute Gasteiger partial charge is 0.379 e. The van der Waals surface area contributed by atoms with Crippen LogP contribution in [0, 0.1) is 0 Å². The van der Waals surface area contributed by atoms with Gasteiger partial charge in [0.2, 0.25) is 0 Å². The predicted octanol–water partition coefficient (Wildman–Crippen LogP) is 4.04. The van der Waals surface area contributed by atoms with Crippen molar-refractivity contribution in [3.63, 3.8) is 0 Å². The lowest BCUT2D eigenvalue weighted by molar-refractivity contribution is 0.0540. The van der Waals surface area contributed by atoms with Crippen LogP contribution in [-0.2, 0) is 4.74 Å². The Kier molecular flexibility index (Phi) is 3.30. The van der Waals surface area contributed by atoms with E-state index < -0.39 is 0 Å². The molecule has 18 heavy (non-hydrogen) atoms. The van der Waals surface area contributed by atoms with E-state index >= 15 is 0 Å². The highest BCUT2D eigenvalue weighted by Gasteiger charge is 2.28. The molecule has 2 heterocycles. The van der Waals surface area contributed by atoms with Crippen LogP contribution in [0.2, 0.25) is 0 Å². The smallest absolute Gasteiger partial charge is 0.184 e. The Labute approximate surface area is 119 Å². The minimum absolute atomic E-state index is 0.0172. The van der Waals surface area contributed by atoms with Crippen LogP contribution in [0.3, 0.4) is 0 Å². The highest BCUT2D eigenvalue weighted by Crippen LogP contribution is 2.31. The highest BCUT2D eigenvalue weighted by atomic mass is 79.9. The molecule has 96 valence electrons. The number of nitrogens with zero attached hydrogens (tertiary/aromatic N) is 1. The summed E-state index contributed by atoms with van der Waals surface area (Å²) in [4.78, 5) is 4.63. The van der Waals surface area contributed by atoms with Crippen molar-refractivity contribution in [3.05, 3.63) is 22.7 Å². The van der Waals surface area contributed by atoms with Crippen LogP contribution < -0.4 is 5.32 Å². The molecule has 0 saturated carbocycles. The summed E-state index contributed by atoms with van der Waals surface area (Å²) in [5.74, 6) is 0. The van der Waals surface area contributed by atoms with Crippen LogP contribution in [0.1, 0.15) is 19.8 Å². The van der Waals surface area contributed by atoms with Crippen molar-refractivity contribution in [2.24, 2.45) is 0 Å². The van der Waals surface area contributed by atoms with Crippen molar-refractivity contribution >= 4 is 42.6 Å². The molecule has 1 N–H and O–H groups in total. The Morgan fingerprint density at radius 3 is 3.17 bits per heavy atom. The fourth-order valence-electron chi connectivity index (χ4n) is 2.24. The number of halogens is 1. The van der Waals surface area contributed by atoms with E-state index in [1.54, 1.807) is 11.3 Å². The Balaban J connectivity index is 1.86. The number of anilines is 1. The van der Waals surface area contributed by atoms with Gasteiger partial charge in [0.15, 0.2) is 5.13 Å². The summed E-state index contributed by atoms with van der Waals surface area (Å²) >= 11 is 5.17. The van der Waals surface area contributed by atoms with Gasteiger partial charge in [-0.2, -0.15) is 0 Å². The molecule has 0 spiro atoms. The average molecular weight is 327 g/mol. The molecule has 1 aliphatic rings. The zero-order chi connectivity index (χ0) is 12.6. The molecule has 5 heteroatoms. The zero-order valence-corrected chi connectivity index (χ0v) is 12.6. The topological polar surface area (TPSA) is 34.2 Å². The first-order chi connectivity index (χ1) is 8.65. The van der Waals surface area contributed by atoms with E-state index in [1.165, 1.54) is 4.70 Å². The van der Waals surface area contributed by atoms with Gasteiger partial charge >= 0.3 is 0 Å². The second kappa shape index (κ2) is 4.79. The van der Waals surface area contributed by atoms with E-state index in [0.29, 0.717) is 0 Å². The Morgan fingerprint density at radius 1 is 1.50 bits per heavy atom. The molecule has 1 saturated heterocycles. The number of aromatic nitrogens is 1. The first-order valence-electron chi connectivity index (χ1n) is 6.07. The molecule has 0 bridgehead atoms. The van der Waals surface area contributed by atoms with Crippen molar-refractivity contribution in [2.45, 2.75) is 25.3 Å². The molecule has 1 aromatic carbocycles. The Bertz CT molecular complexity index is 563. The van der Waals surface area contributed by atoms with Gasteiger partial charge in [-0.05, 0) is 38.0 Å². The molecular weight excluding hydrogens is 312 g/mol. The number of rotatable bonds is 2. The number of hydrogen-bond donors (Lipinski definition) is 1. The third kappa shape index (κ3) is 2.53. The minimum atomic E-state index is 0.0172. The Morgan fingerprint density at radius 2 is 2.39 bits per heavy atom. The van der Waals surface area contributed by atoms with Gasteiger partial charge < -0.3 is 10.1 Å². The molecular formula is C13H15BrN2OS. The fraction of sp³-hybridized carbons (Fsp3) is 0.462. The summed E-state index contributed by atoms with van der Waals surface area (Å²) in [6.45, 7) is 3.84. The van der Waals surface area contributed by atoms with Gasteiger partial charge in [0.1, 0.15) is 0 Å². The van der Waals surface area contributed by atoms with Gasteiger partial charge in [-0.15, -0.1) is 0 Å². The van der Waals surface area contributed by atoms with Crippen molar-refractivity contribution < 1.29 is 4.74 Å². The van der Waals surface area contributed by atoms with Gasteiger partial charge in [-0.1, -0.05) is 27.3 Å². The lowest BCUT2D eigenvalue weighted by atomic mass is 9.95. The second-order valence-electron chi connectivity index (χ2n) is 4.97. The lowest BCUT2D eigenvalue weighted by Gasteiger charge is -2.34. The van der Waals surface area contributed by atoms with Crippen LogP contribution in [0.15, 0.2) is 22.7 Å². The third-order valence-electron chi connectivity index (χ3n) is 3.20. The van der Waals surface area contributed by atoms with Crippen LogP contribution in [-0.4, -0.2) is 23.7 Å². The van der Waals surface area contributed by atoms with Crippen molar-refractivity contribution in [3.8, 4) is 0 Å². The summed E-state index contributed by atoms with van der Waals surface area (Å²) in [5, 5.41) is 4.52. The van der Waals surface area contributed by atoms with Crippen molar-refractivity contribution in [2.75, 3.05) is 18.5 Å². The van der Waals surface area contributed by atoms with E-state index in [0.717, 1.165) is 41.2 Å². The maximum absolute atomic E-state index is 5.56. The fourth-order valence-corrected chi connectivity index (χ4v) is 3.59. The maximum Gasteiger partial charge on any atom is 0.184 e. The van der Waals surface area contributed by atoms with E-state index in [2.05, 4.69) is 51.4 Å². The third-order valence-corrected chi connectivity index (χ3v) is 4.64. The second-order valence-corrected chi connectivity index (χ2v) is 6.92. The normalized spacial score (nSPS) is 24.3. The number of ether oxygens (including phenoxy) is 1. The predicted molar refractivity (Wildman–Crippen MR) is 79.4 cm³/mol. The molecule has 1 atom stereocenters. The monoisotopic (exact) mass is 326 g/mol. The van der Waals surface area contributed by atoms with Crippen LogP contribution in [0.4, 0.5) is 5.13 Å². The van der Waals surface area contributed by atoms with Crippen molar-refractivity contribution in [1.82, 2.24) is 4.98 Å². The van der Waals surface area contributed by atoms with Gasteiger partial charge in [0.05, 0.1) is 22.4 Å². The number of thiazole rings is 1. The van der Waals surface area contributed by atoms with E-state index in [-0.39, 0.29) is 5.54 Å². The molecule has 0 radical (unpaired) electrons. The number of benzene rings is 1. The maximum atomic E-state index is 5.56. The van der Waals surface area contributed by atoms with Crippen LogP contribution >= 0.6 is 27.3 Å². The number of fused-ring (bicyclic) bond motifs is 1. The van der Waals surface area contributed by atoms with Gasteiger partial charge in [-0.3, -0.25) is 0 Å². The molecule has 1 fully saturated rings. The highest BCUT2D eigenvalue weighted by molar-refractivity contribution is 9.10. The molecule has 2 aromatic rings.